The topological polar surface area (TPSA) is 85.6 Å². The molecule has 0 aliphatic heterocycles. The van der Waals surface area contributed by atoms with Crippen LogP contribution in [0.2, 0.25) is 0 Å². The monoisotopic (exact) mass is 337 g/mol. The first-order valence-corrected chi connectivity index (χ1v) is 7.59. The minimum absolute atomic E-state index is 0.0681. The lowest BCUT2D eigenvalue weighted by Gasteiger charge is -2.06. The van der Waals surface area contributed by atoms with E-state index in [4.69, 9.17) is 9.15 Å². The smallest absolute Gasteiger partial charge is 0.351 e. The Morgan fingerprint density at radius 1 is 1.08 bits per heavy atom. The molecule has 0 radical (unpaired) electrons. The fourth-order valence-electron chi connectivity index (χ4n) is 2.34. The average molecular weight is 337 g/mol. The molecule has 0 unspecified atom stereocenters. The van der Waals surface area contributed by atoms with E-state index >= 15 is 0 Å². The Morgan fingerprint density at radius 3 is 2.56 bits per heavy atom. The summed E-state index contributed by atoms with van der Waals surface area (Å²) in [6.45, 7) is 1.45. The third-order valence-electron chi connectivity index (χ3n) is 3.49. The predicted molar refractivity (Wildman–Crippen MR) is 92.3 cm³/mol. The van der Waals surface area contributed by atoms with Crippen LogP contribution in [0, 0.1) is 0 Å². The van der Waals surface area contributed by atoms with E-state index in [0.29, 0.717) is 11.1 Å². The fraction of sp³-hybridized carbons (Fsp3) is 0.105. The average Bonchev–Trinajstić information content (AvgIpc) is 2.59. The Balaban J connectivity index is 1.84. The molecule has 2 aromatic carbocycles. The molecule has 1 amide bonds. The highest BCUT2D eigenvalue weighted by molar-refractivity contribution is 5.95. The number of amides is 1. The van der Waals surface area contributed by atoms with Gasteiger partial charge in [-0.1, -0.05) is 30.3 Å². The molecule has 0 fully saturated rings. The van der Waals surface area contributed by atoms with Gasteiger partial charge in [0.2, 0.25) is 5.91 Å². The Morgan fingerprint density at radius 2 is 1.84 bits per heavy atom. The number of carbonyl (C=O) groups excluding carboxylic acids is 2. The number of ether oxygens (including phenoxy) is 1. The van der Waals surface area contributed by atoms with Gasteiger partial charge in [0.1, 0.15) is 17.8 Å². The number of fused-ring (bicyclic) bond motifs is 1. The van der Waals surface area contributed by atoms with Crippen LogP contribution in [-0.2, 0) is 16.1 Å². The summed E-state index contributed by atoms with van der Waals surface area (Å²) in [6.07, 6.45) is 0. The van der Waals surface area contributed by atoms with Crippen LogP contribution in [0.4, 0.5) is 5.69 Å². The number of anilines is 1. The molecular weight excluding hydrogens is 322 g/mol. The van der Waals surface area contributed by atoms with Crippen LogP contribution >= 0.6 is 0 Å². The van der Waals surface area contributed by atoms with Crippen molar-refractivity contribution < 1.29 is 18.7 Å². The van der Waals surface area contributed by atoms with E-state index in [0.717, 1.165) is 5.56 Å². The van der Waals surface area contributed by atoms with E-state index < -0.39 is 11.6 Å². The Hall–Kier alpha value is -3.41. The van der Waals surface area contributed by atoms with Crippen LogP contribution in [0.15, 0.2) is 63.8 Å². The van der Waals surface area contributed by atoms with E-state index in [2.05, 4.69) is 5.32 Å². The number of carbonyl (C=O) groups is 2. The van der Waals surface area contributed by atoms with Gasteiger partial charge >= 0.3 is 11.6 Å². The van der Waals surface area contributed by atoms with Crippen molar-refractivity contribution in [3.63, 3.8) is 0 Å². The van der Waals surface area contributed by atoms with Crippen LogP contribution < -0.4 is 10.9 Å². The third-order valence-corrected chi connectivity index (χ3v) is 3.49. The lowest BCUT2D eigenvalue weighted by molar-refractivity contribution is -0.114. The van der Waals surface area contributed by atoms with Crippen molar-refractivity contribution in [3.05, 3.63) is 76.1 Å². The van der Waals surface area contributed by atoms with Gasteiger partial charge in [0, 0.05) is 24.1 Å². The molecule has 0 bridgehead atoms. The summed E-state index contributed by atoms with van der Waals surface area (Å²) >= 11 is 0. The molecule has 1 heterocycles. The van der Waals surface area contributed by atoms with Crippen molar-refractivity contribution in [2.45, 2.75) is 13.5 Å². The molecule has 1 N–H and O–H groups in total. The molecule has 6 nitrogen and oxygen atoms in total. The van der Waals surface area contributed by atoms with Crippen molar-refractivity contribution in [2.75, 3.05) is 5.32 Å². The lowest BCUT2D eigenvalue weighted by Crippen LogP contribution is -2.16. The van der Waals surface area contributed by atoms with E-state index in [1.807, 2.05) is 30.3 Å². The SMILES string of the molecule is CC(=O)Nc1ccc2cc(C(=O)OCc3ccccc3)c(=O)oc2c1. The minimum Gasteiger partial charge on any atom is -0.457 e. The highest BCUT2D eigenvalue weighted by atomic mass is 16.5. The second kappa shape index (κ2) is 7.00. The highest BCUT2D eigenvalue weighted by Crippen LogP contribution is 2.19. The molecule has 3 rings (SSSR count). The van der Waals surface area contributed by atoms with E-state index in [1.165, 1.54) is 19.1 Å². The first-order chi connectivity index (χ1) is 12.0. The lowest BCUT2D eigenvalue weighted by atomic mass is 10.1. The summed E-state index contributed by atoms with van der Waals surface area (Å²) in [7, 11) is 0. The minimum atomic E-state index is -0.787. The molecule has 25 heavy (non-hydrogen) atoms. The standard InChI is InChI=1S/C19H15NO5/c1-12(21)20-15-8-7-14-9-16(19(23)25-17(14)10-15)18(22)24-11-13-5-3-2-4-6-13/h2-10H,11H2,1H3,(H,20,21). The van der Waals surface area contributed by atoms with Gasteiger partial charge in [-0.3, -0.25) is 4.79 Å². The summed E-state index contributed by atoms with van der Waals surface area (Å²) in [6, 6.07) is 15.4. The van der Waals surface area contributed by atoms with Gasteiger partial charge in [-0.25, -0.2) is 9.59 Å². The number of rotatable bonds is 4. The van der Waals surface area contributed by atoms with Crippen molar-refractivity contribution in [1.29, 1.82) is 0 Å². The van der Waals surface area contributed by atoms with Gasteiger partial charge in [-0.2, -0.15) is 0 Å². The van der Waals surface area contributed by atoms with E-state index in [-0.39, 0.29) is 23.7 Å². The van der Waals surface area contributed by atoms with Crippen LogP contribution in [0.25, 0.3) is 11.0 Å². The molecule has 3 aromatic rings. The van der Waals surface area contributed by atoms with E-state index in [1.54, 1.807) is 12.1 Å². The maximum Gasteiger partial charge on any atom is 0.351 e. The molecule has 1 aromatic heterocycles. The quantitative estimate of drug-likeness (QED) is 0.584. The molecule has 0 aliphatic rings. The summed E-state index contributed by atoms with van der Waals surface area (Å²) in [5, 5.41) is 3.16. The van der Waals surface area contributed by atoms with Crippen LogP contribution in [0.1, 0.15) is 22.8 Å². The van der Waals surface area contributed by atoms with Gasteiger partial charge in [0.15, 0.2) is 0 Å². The van der Waals surface area contributed by atoms with Crippen molar-refractivity contribution in [3.8, 4) is 0 Å². The largest absolute Gasteiger partial charge is 0.457 e. The zero-order valence-electron chi connectivity index (χ0n) is 13.4. The Kier molecular flexibility index (Phi) is 4.61. The first-order valence-electron chi connectivity index (χ1n) is 7.59. The summed E-state index contributed by atoms with van der Waals surface area (Å²) in [5.41, 5.74) is 0.639. The second-order valence-corrected chi connectivity index (χ2v) is 5.44. The number of benzene rings is 2. The molecule has 0 aliphatic carbocycles. The van der Waals surface area contributed by atoms with Crippen LogP contribution in [-0.4, -0.2) is 11.9 Å². The van der Waals surface area contributed by atoms with Crippen molar-refractivity contribution in [2.24, 2.45) is 0 Å². The number of esters is 1. The molecule has 0 spiro atoms. The van der Waals surface area contributed by atoms with Crippen molar-refractivity contribution in [1.82, 2.24) is 0 Å². The van der Waals surface area contributed by atoms with Crippen LogP contribution in [0.3, 0.4) is 0 Å². The molecule has 0 atom stereocenters. The summed E-state index contributed by atoms with van der Waals surface area (Å²) < 4.78 is 10.3. The number of hydrogen-bond donors (Lipinski definition) is 1. The Labute approximate surface area is 143 Å². The maximum atomic E-state index is 12.2. The van der Waals surface area contributed by atoms with E-state index in [9.17, 15) is 14.4 Å². The fourth-order valence-corrected chi connectivity index (χ4v) is 2.34. The highest BCUT2D eigenvalue weighted by Gasteiger charge is 2.15. The van der Waals surface area contributed by atoms with Gasteiger partial charge < -0.3 is 14.5 Å². The number of nitrogens with one attached hydrogen (secondary N) is 1. The zero-order valence-corrected chi connectivity index (χ0v) is 13.4. The Bertz CT molecular complexity index is 992. The summed E-state index contributed by atoms with van der Waals surface area (Å²) in [4.78, 5) is 35.3. The maximum absolute atomic E-state index is 12.2. The summed E-state index contributed by atoms with van der Waals surface area (Å²) in [5.74, 6) is -0.978. The molecule has 6 heteroatoms. The van der Waals surface area contributed by atoms with Gasteiger partial charge in [0.25, 0.3) is 0 Å². The third kappa shape index (κ3) is 3.92. The van der Waals surface area contributed by atoms with Crippen molar-refractivity contribution >= 4 is 28.5 Å². The zero-order chi connectivity index (χ0) is 17.8. The molecule has 126 valence electrons. The second-order valence-electron chi connectivity index (χ2n) is 5.44. The normalized spacial score (nSPS) is 10.4. The number of hydrogen-bond acceptors (Lipinski definition) is 5. The predicted octanol–water partition coefficient (Wildman–Crippen LogP) is 3.11. The van der Waals surface area contributed by atoms with Gasteiger partial charge in [-0.05, 0) is 23.8 Å². The van der Waals surface area contributed by atoms with Crippen LogP contribution in [0.5, 0.6) is 0 Å². The molecule has 0 saturated heterocycles. The first kappa shape index (κ1) is 16.4. The van der Waals surface area contributed by atoms with Gasteiger partial charge in [-0.15, -0.1) is 0 Å². The van der Waals surface area contributed by atoms with Gasteiger partial charge in [0.05, 0.1) is 0 Å². The molecule has 0 saturated carbocycles. The molecular formula is C19H15NO5.